The molecule has 3 aromatic rings. The number of aliphatic carboxylic acids is 1. The Hall–Kier alpha value is -3.11. The van der Waals surface area contributed by atoms with Crippen molar-refractivity contribution in [1.29, 1.82) is 0 Å². The molecule has 1 aliphatic heterocycles. The van der Waals surface area contributed by atoms with Crippen molar-refractivity contribution in [3.05, 3.63) is 87.9 Å². The van der Waals surface area contributed by atoms with Crippen LogP contribution in [0.15, 0.2) is 65.6 Å². The highest BCUT2D eigenvalue weighted by atomic mass is 35.5. The fourth-order valence-electron chi connectivity index (χ4n) is 5.66. The molecule has 2 aliphatic rings. The molecule has 5 rings (SSSR count). The van der Waals surface area contributed by atoms with Crippen LogP contribution in [0.4, 0.5) is 5.69 Å². The molecule has 0 bridgehead atoms. The molecule has 0 amide bonds. The van der Waals surface area contributed by atoms with Crippen LogP contribution in [0.2, 0.25) is 5.02 Å². The van der Waals surface area contributed by atoms with Gasteiger partial charge in [0.15, 0.2) is 0 Å². The molecule has 0 radical (unpaired) electrons. The highest BCUT2D eigenvalue weighted by Gasteiger charge is 2.27. The van der Waals surface area contributed by atoms with Gasteiger partial charge in [-0.2, -0.15) is 0 Å². The van der Waals surface area contributed by atoms with Gasteiger partial charge in [0.1, 0.15) is 12.4 Å². The maximum Gasteiger partial charge on any atom is 0.303 e. The second-order valence-corrected chi connectivity index (χ2v) is 13.0. The van der Waals surface area contributed by atoms with Crippen LogP contribution in [0.5, 0.6) is 5.75 Å². The first kappa shape index (κ1) is 29.4. The van der Waals surface area contributed by atoms with Crippen molar-refractivity contribution < 1.29 is 23.1 Å². The van der Waals surface area contributed by atoms with E-state index in [1.165, 1.54) is 12.1 Å². The first-order valence-electron chi connectivity index (χ1n) is 14.0. The number of sulfonamides is 1. The van der Waals surface area contributed by atoms with E-state index < -0.39 is 16.0 Å². The number of hydrogen-bond donors (Lipinski definition) is 2. The minimum atomic E-state index is -3.70. The SMILES string of the molecule is CN1CCN(c2ccccc2OCc2cc(CCC(=O)O)c3c(c2)CC(NS(=O)(=O)c2ccc(Cl)cc2)CC3)CC1. The van der Waals surface area contributed by atoms with Crippen LogP contribution in [-0.2, 0) is 40.7 Å². The average Bonchev–Trinajstić information content (AvgIpc) is 2.95. The summed E-state index contributed by atoms with van der Waals surface area (Å²) in [4.78, 5) is 16.2. The topological polar surface area (TPSA) is 99.2 Å². The third kappa shape index (κ3) is 7.40. The number of benzene rings is 3. The minimum absolute atomic E-state index is 0.0373. The maximum atomic E-state index is 13.0. The van der Waals surface area contributed by atoms with E-state index in [4.69, 9.17) is 16.3 Å². The number of ether oxygens (including phenoxy) is 1. The third-order valence-electron chi connectivity index (χ3n) is 7.86. The summed E-state index contributed by atoms with van der Waals surface area (Å²) in [6, 6.07) is 18.1. The number of aryl methyl sites for hydroxylation is 1. The van der Waals surface area contributed by atoms with Crippen molar-refractivity contribution in [1.82, 2.24) is 9.62 Å². The number of carboxylic acid groups (broad SMARTS) is 1. The largest absolute Gasteiger partial charge is 0.487 e. The predicted octanol–water partition coefficient (Wildman–Crippen LogP) is 4.52. The zero-order valence-corrected chi connectivity index (χ0v) is 24.8. The number of halogens is 1. The molecule has 1 aliphatic carbocycles. The lowest BCUT2D eigenvalue weighted by atomic mass is 9.83. The number of carbonyl (C=O) groups is 1. The maximum absolute atomic E-state index is 13.0. The molecule has 1 saturated heterocycles. The summed E-state index contributed by atoms with van der Waals surface area (Å²) < 4.78 is 35.3. The number of piperazine rings is 1. The van der Waals surface area contributed by atoms with Gasteiger partial charge in [0, 0.05) is 43.7 Å². The second kappa shape index (κ2) is 12.8. The fourth-order valence-corrected chi connectivity index (χ4v) is 7.05. The summed E-state index contributed by atoms with van der Waals surface area (Å²) in [6.45, 7) is 4.19. The van der Waals surface area contributed by atoms with Crippen molar-refractivity contribution in [2.24, 2.45) is 0 Å². The number of carboxylic acids is 1. The number of likely N-dealkylation sites (N-methyl/N-ethyl adjacent to an activating group) is 1. The monoisotopic (exact) mass is 597 g/mol. The van der Waals surface area contributed by atoms with Crippen LogP contribution in [0.1, 0.15) is 35.1 Å². The van der Waals surface area contributed by atoms with Gasteiger partial charge in [0.25, 0.3) is 0 Å². The molecule has 1 unspecified atom stereocenters. The van der Waals surface area contributed by atoms with Gasteiger partial charge < -0.3 is 19.6 Å². The van der Waals surface area contributed by atoms with Gasteiger partial charge in [0.05, 0.1) is 10.6 Å². The third-order valence-corrected chi connectivity index (χ3v) is 9.65. The van der Waals surface area contributed by atoms with Gasteiger partial charge in [-0.05, 0) is 91.4 Å². The van der Waals surface area contributed by atoms with Crippen molar-refractivity contribution in [2.45, 2.75) is 49.6 Å². The van der Waals surface area contributed by atoms with E-state index in [2.05, 4.69) is 39.8 Å². The van der Waals surface area contributed by atoms with E-state index in [9.17, 15) is 18.3 Å². The standard InChI is InChI=1S/C31H36ClN3O5S/c1-34-14-16-35(17-15-34)29-4-2-3-5-30(29)40-21-22-18-23(6-13-31(36)37)28-12-9-26(20-24(28)19-22)33-41(38,39)27-10-7-25(32)8-11-27/h2-5,7-8,10-11,18-19,26,33H,6,9,12-17,20-21H2,1H3,(H,36,37). The molecule has 0 spiro atoms. The van der Waals surface area contributed by atoms with Gasteiger partial charge in [0.2, 0.25) is 10.0 Å². The molecule has 1 fully saturated rings. The van der Waals surface area contributed by atoms with Crippen molar-refractivity contribution in [3.63, 3.8) is 0 Å². The normalized spacial score (nSPS) is 17.7. The minimum Gasteiger partial charge on any atom is -0.487 e. The van der Waals surface area contributed by atoms with Gasteiger partial charge >= 0.3 is 5.97 Å². The first-order chi connectivity index (χ1) is 19.7. The lowest BCUT2D eigenvalue weighted by Gasteiger charge is -2.34. The Morgan fingerprint density at radius 2 is 1.80 bits per heavy atom. The molecule has 10 heteroatoms. The molecule has 1 atom stereocenters. The fraction of sp³-hybridized carbons (Fsp3) is 0.387. The second-order valence-electron chi connectivity index (χ2n) is 10.8. The van der Waals surface area contributed by atoms with Crippen LogP contribution >= 0.6 is 11.6 Å². The molecule has 41 heavy (non-hydrogen) atoms. The molecular weight excluding hydrogens is 562 g/mol. The van der Waals surface area contributed by atoms with Crippen LogP contribution in [0.25, 0.3) is 0 Å². The number of nitrogens with zero attached hydrogens (tertiary/aromatic N) is 2. The Morgan fingerprint density at radius 1 is 1.07 bits per heavy atom. The van der Waals surface area contributed by atoms with Crippen molar-refractivity contribution >= 4 is 33.3 Å². The molecule has 8 nitrogen and oxygen atoms in total. The number of hydrogen-bond acceptors (Lipinski definition) is 6. The lowest BCUT2D eigenvalue weighted by Crippen LogP contribution is -2.44. The zero-order valence-electron chi connectivity index (χ0n) is 23.2. The number of fused-ring (bicyclic) bond motifs is 1. The molecule has 2 N–H and O–H groups in total. The lowest BCUT2D eigenvalue weighted by molar-refractivity contribution is -0.136. The first-order valence-corrected chi connectivity index (χ1v) is 15.8. The Morgan fingerprint density at radius 3 is 2.54 bits per heavy atom. The summed E-state index contributed by atoms with van der Waals surface area (Å²) in [5, 5.41) is 9.83. The number of rotatable bonds is 10. The van der Waals surface area contributed by atoms with E-state index in [0.717, 1.165) is 59.9 Å². The van der Waals surface area contributed by atoms with E-state index in [1.807, 2.05) is 18.2 Å². The molecule has 218 valence electrons. The number of para-hydroxylation sites is 2. The molecule has 0 saturated carbocycles. The van der Waals surface area contributed by atoms with Gasteiger partial charge in [-0.15, -0.1) is 0 Å². The average molecular weight is 598 g/mol. The molecule has 3 aromatic carbocycles. The van der Waals surface area contributed by atoms with Crippen molar-refractivity contribution in [2.75, 3.05) is 38.1 Å². The molecule has 1 heterocycles. The Balaban J connectivity index is 1.35. The zero-order chi connectivity index (χ0) is 29.0. The van der Waals surface area contributed by atoms with Gasteiger partial charge in [-0.25, -0.2) is 13.1 Å². The van der Waals surface area contributed by atoms with Crippen LogP contribution < -0.4 is 14.4 Å². The van der Waals surface area contributed by atoms with Crippen LogP contribution in [-0.4, -0.2) is 63.7 Å². The Bertz CT molecular complexity index is 1490. The van der Waals surface area contributed by atoms with Crippen LogP contribution in [0, 0.1) is 0 Å². The summed E-state index contributed by atoms with van der Waals surface area (Å²) in [6.07, 6.45) is 2.29. The van der Waals surface area contributed by atoms with E-state index in [0.29, 0.717) is 37.3 Å². The number of anilines is 1. The highest BCUT2D eigenvalue weighted by Crippen LogP contribution is 2.32. The van der Waals surface area contributed by atoms with Gasteiger partial charge in [-0.3, -0.25) is 4.79 Å². The van der Waals surface area contributed by atoms with E-state index in [1.54, 1.807) is 12.1 Å². The predicted molar refractivity (Wildman–Crippen MR) is 160 cm³/mol. The Labute approximate surface area is 246 Å². The van der Waals surface area contributed by atoms with Crippen LogP contribution in [0.3, 0.4) is 0 Å². The Kier molecular flexibility index (Phi) is 9.19. The van der Waals surface area contributed by atoms with E-state index >= 15 is 0 Å². The van der Waals surface area contributed by atoms with E-state index in [-0.39, 0.29) is 17.4 Å². The highest BCUT2D eigenvalue weighted by molar-refractivity contribution is 7.89. The van der Waals surface area contributed by atoms with Gasteiger partial charge in [-0.1, -0.05) is 35.9 Å². The summed E-state index contributed by atoms with van der Waals surface area (Å²) in [7, 11) is -1.57. The van der Waals surface area contributed by atoms with Crippen molar-refractivity contribution in [3.8, 4) is 5.75 Å². The summed E-state index contributed by atoms with van der Waals surface area (Å²) >= 11 is 5.94. The molecular formula is C31H36ClN3O5S. The molecule has 0 aromatic heterocycles. The smallest absolute Gasteiger partial charge is 0.303 e. The number of nitrogens with one attached hydrogen (secondary N) is 1. The summed E-state index contributed by atoms with van der Waals surface area (Å²) in [5.74, 6) is -0.0265. The quantitative estimate of drug-likeness (QED) is 0.354. The summed E-state index contributed by atoms with van der Waals surface area (Å²) in [5.41, 5.74) is 5.17.